The summed E-state index contributed by atoms with van der Waals surface area (Å²) in [7, 11) is 0. The molecule has 2 rings (SSSR count). The molecule has 168 valence electrons. The fourth-order valence-electron chi connectivity index (χ4n) is 3.58. The average Bonchev–Trinajstić information content (AvgIpc) is 2.79. The van der Waals surface area contributed by atoms with Crippen LogP contribution in [0.2, 0.25) is 0 Å². The van der Waals surface area contributed by atoms with E-state index >= 15 is 0 Å². The number of rotatable bonds is 12. The third-order valence-corrected chi connectivity index (χ3v) is 5.49. The van der Waals surface area contributed by atoms with Crippen LogP contribution in [-0.4, -0.2) is 24.1 Å². The highest BCUT2D eigenvalue weighted by atomic mass is 16.6. The Kier molecular flexibility index (Phi) is 10.3. The number of carbonyl (C=O) groups is 2. The average molecular weight is 425 g/mol. The standard InChI is InChI=1S/C27H36O4/c1-5-9-24(30-26(28)22-15-11-20(7-3)12-16-22)19-25(10-6-2)31-27(29)23-17-13-21(8-4)14-18-23/h11-18,24-25H,5-10,19H2,1-4H3. The van der Waals surface area contributed by atoms with E-state index in [2.05, 4.69) is 27.7 Å². The van der Waals surface area contributed by atoms with E-state index in [1.54, 1.807) is 0 Å². The zero-order valence-electron chi connectivity index (χ0n) is 19.4. The van der Waals surface area contributed by atoms with E-state index in [1.165, 1.54) is 11.1 Å². The molecule has 2 atom stereocenters. The number of hydrogen-bond donors (Lipinski definition) is 0. The minimum atomic E-state index is -0.321. The van der Waals surface area contributed by atoms with Gasteiger partial charge in [-0.05, 0) is 61.1 Å². The van der Waals surface area contributed by atoms with Crippen LogP contribution in [0.5, 0.6) is 0 Å². The third kappa shape index (κ3) is 7.86. The Hall–Kier alpha value is -2.62. The molecule has 0 N–H and O–H groups in total. The normalized spacial score (nSPS) is 12.8. The van der Waals surface area contributed by atoms with Gasteiger partial charge in [-0.25, -0.2) is 9.59 Å². The summed E-state index contributed by atoms with van der Waals surface area (Å²) in [6.45, 7) is 8.29. The molecule has 0 spiro atoms. The summed E-state index contributed by atoms with van der Waals surface area (Å²) >= 11 is 0. The predicted molar refractivity (Wildman–Crippen MR) is 124 cm³/mol. The minimum absolute atomic E-state index is 0.282. The fourth-order valence-corrected chi connectivity index (χ4v) is 3.58. The van der Waals surface area contributed by atoms with Crippen molar-refractivity contribution >= 4 is 11.9 Å². The van der Waals surface area contributed by atoms with Crippen molar-refractivity contribution < 1.29 is 19.1 Å². The van der Waals surface area contributed by atoms with Crippen LogP contribution in [0, 0.1) is 0 Å². The first-order valence-corrected chi connectivity index (χ1v) is 11.6. The van der Waals surface area contributed by atoms with Crippen molar-refractivity contribution in [2.45, 2.75) is 84.8 Å². The molecule has 2 unspecified atom stereocenters. The maximum absolute atomic E-state index is 12.6. The Bertz CT molecular complexity index is 739. The van der Waals surface area contributed by atoms with E-state index in [9.17, 15) is 9.59 Å². The molecule has 0 saturated carbocycles. The molecule has 0 heterocycles. The smallest absolute Gasteiger partial charge is 0.338 e. The van der Waals surface area contributed by atoms with Gasteiger partial charge in [0.2, 0.25) is 0 Å². The van der Waals surface area contributed by atoms with Crippen LogP contribution in [0.4, 0.5) is 0 Å². The number of carbonyl (C=O) groups excluding carboxylic acids is 2. The van der Waals surface area contributed by atoms with Crippen molar-refractivity contribution in [1.82, 2.24) is 0 Å². The largest absolute Gasteiger partial charge is 0.459 e. The van der Waals surface area contributed by atoms with Crippen LogP contribution < -0.4 is 0 Å². The predicted octanol–water partition coefficient (Wildman–Crippen LogP) is 6.55. The van der Waals surface area contributed by atoms with Gasteiger partial charge in [-0.2, -0.15) is 0 Å². The van der Waals surface area contributed by atoms with E-state index in [0.29, 0.717) is 17.5 Å². The lowest BCUT2D eigenvalue weighted by Crippen LogP contribution is -2.27. The van der Waals surface area contributed by atoms with E-state index in [4.69, 9.17) is 9.47 Å². The number of aryl methyl sites for hydroxylation is 2. The van der Waals surface area contributed by atoms with Gasteiger partial charge in [0.15, 0.2) is 0 Å². The number of ether oxygens (including phenoxy) is 2. The molecule has 0 aliphatic rings. The topological polar surface area (TPSA) is 52.6 Å². The third-order valence-electron chi connectivity index (χ3n) is 5.49. The summed E-state index contributed by atoms with van der Waals surface area (Å²) in [5.41, 5.74) is 3.48. The quantitative estimate of drug-likeness (QED) is 0.362. The number of esters is 2. The maximum Gasteiger partial charge on any atom is 0.338 e. The molecule has 0 radical (unpaired) electrons. The molecule has 0 bridgehead atoms. The molecule has 0 saturated heterocycles. The van der Waals surface area contributed by atoms with Crippen molar-refractivity contribution in [1.29, 1.82) is 0 Å². The Morgan fingerprint density at radius 2 is 1.00 bits per heavy atom. The van der Waals surface area contributed by atoms with Crippen LogP contribution in [0.1, 0.15) is 91.6 Å². The zero-order valence-corrected chi connectivity index (χ0v) is 19.4. The van der Waals surface area contributed by atoms with Crippen LogP contribution >= 0.6 is 0 Å². The van der Waals surface area contributed by atoms with Gasteiger partial charge in [0.05, 0.1) is 11.1 Å². The van der Waals surface area contributed by atoms with Gasteiger partial charge in [0, 0.05) is 6.42 Å². The highest BCUT2D eigenvalue weighted by molar-refractivity contribution is 5.90. The lowest BCUT2D eigenvalue weighted by molar-refractivity contribution is -0.00414. The molecule has 2 aromatic carbocycles. The van der Waals surface area contributed by atoms with Gasteiger partial charge in [0.1, 0.15) is 12.2 Å². The molecule has 0 aliphatic heterocycles. The Labute approximate surface area is 187 Å². The van der Waals surface area contributed by atoms with Crippen LogP contribution in [0.25, 0.3) is 0 Å². The van der Waals surface area contributed by atoms with Gasteiger partial charge in [-0.3, -0.25) is 0 Å². The van der Waals surface area contributed by atoms with E-state index < -0.39 is 0 Å². The molecule has 0 aliphatic carbocycles. The van der Waals surface area contributed by atoms with Gasteiger partial charge in [0.25, 0.3) is 0 Å². The van der Waals surface area contributed by atoms with Crippen molar-refractivity contribution in [3.8, 4) is 0 Å². The summed E-state index contributed by atoms with van der Waals surface area (Å²) in [4.78, 5) is 25.3. The monoisotopic (exact) mass is 424 g/mol. The minimum Gasteiger partial charge on any atom is -0.459 e. The Morgan fingerprint density at radius 3 is 1.29 bits per heavy atom. The van der Waals surface area contributed by atoms with Crippen molar-refractivity contribution in [2.75, 3.05) is 0 Å². The fraction of sp³-hybridized carbons (Fsp3) is 0.481. The van der Waals surface area contributed by atoms with Gasteiger partial charge in [-0.1, -0.05) is 64.8 Å². The van der Waals surface area contributed by atoms with Crippen molar-refractivity contribution in [3.63, 3.8) is 0 Å². The van der Waals surface area contributed by atoms with Gasteiger partial charge >= 0.3 is 11.9 Å². The maximum atomic E-state index is 12.6. The second-order valence-electron chi connectivity index (χ2n) is 7.97. The lowest BCUT2D eigenvalue weighted by Gasteiger charge is -2.24. The zero-order chi connectivity index (χ0) is 22.6. The lowest BCUT2D eigenvalue weighted by atomic mass is 10.0. The molecular formula is C27H36O4. The summed E-state index contributed by atoms with van der Waals surface area (Å²) < 4.78 is 11.6. The Morgan fingerprint density at radius 1 is 0.645 bits per heavy atom. The first-order valence-electron chi connectivity index (χ1n) is 11.6. The van der Waals surface area contributed by atoms with E-state index in [-0.39, 0.29) is 24.1 Å². The molecule has 0 amide bonds. The van der Waals surface area contributed by atoms with Crippen LogP contribution in [0.15, 0.2) is 48.5 Å². The second kappa shape index (κ2) is 12.9. The number of benzene rings is 2. The molecular weight excluding hydrogens is 388 g/mol. The SMILES string of the molecule is CCCC(CC(CCC)OC(=O)c1ccc(CC)cc1)OC(=O)c1ccc(CC)cc1. The molecule has 0 aromatic heterocycles. The summed E-state index contributed by atoms with van der Waals surface area (Å²) in [5, 5.41) is 0. The van der Waals surface area contributed by atoms with E-state index in [1.807, 2.05) is 48.5 Å². The summed E-state index contributed by atoms with van der Waals surface area (Å²) in [6, 6.07) is 15.1. The summed E-state index contributed by atoms with van der Waals surface area (Å²) in [6.07, 6.45) is 5.06. The number of hydrogen-bond acceptors (Lipinski definition) is 4. The van der Waals surface area contributed by atoms with Crippen LogP contribution in [0.3, 0.4) is 0 Å². The highest BCUT2D eigenvalue weighted by Gasteiger charge is 2.23. The van der Waals surface area contributed by atoms with E-state index in [0.717, 1.165) is 38.5 Å². The van der Waals surface area contributed by atoms with Gasteiger partial charge < -0.3 is 9.47 Å². The molecule has 0 fully saturated rings. The second-order valence-corrected chi connectivity index (χ2v) is 7.97. The van der Waals surface area contributed by atoms with Gasteiger partial charge in [-0.15, -0.1) is 0 Å². The van der Waals surface area contributed by atoms with Crippen molar-refractivity contribution in [2.24, 2.45) is 0 Å². The molecule has 4 heteroatoms. The first-order chi connectivity index (χ1) is 15.0. The first kappa shape index (κ1) is 24.6. The van der Waals surface area contributed by atoms with Crippen molar-refractivity contribution in [3.05, 3.63) is 70.8 Å². The molecule has 31 heavy (non-hydrogen) atoms. The molecule has 2 aromatic rings. The molecule has 4 nitrogen and oxygen atoms in total. The highest BCUT2D eigenvalue weighted by Crippen LogP contribution is 2.20. The van der Waals surface area contributed by atoms with Crippen LogP contribution in [-0.2, 0) is 22.3 Å². The summed E-state index contributed by atoms with van der Waals surface area (Å²) in [5.74, 6) is -0.643. The Balaban J connectivity index is 2.03.